The van der Waals surface area contributed by atoms with Gasteiger partial charge in [-0.25, -0.2) is 4.79 Å². The van der Waals surface area contributed by atoms with E-state index < -0.39 is 17.6 Å². The van der Waals surface area contributed by atoms with Gasteiger partial charge in [0.1, 0.15) is 12.1 Å². The normalized spacial score (nSPS) is 12.6. The molecule has 1 atom stereocenters. The first-order valence-corrected chi connectivity index (χ1v) is 7.31. The van der Waals surface area contributed by atoms with Crippen LogP contribution in [0.3, 0.4) is 0 Å². The fourth-order valence-electron chi connectivity index (χ4n) is 1.72. The topological polar surface area (TPSA) is 104 Å². The third kappa shape index (κ3) is 5.72. The molecule has 0 radical (unpaired) electrons. The van der Waals surface area contributed by atoms with E-state index >= 15 is 0 Å². The summed E-state index contributed by atoms with van der Waals surface area (Å²) in [5.41, 5.74) is -0.586. The van der Waals surface area contributed by atoms with Crippen LogP contribution in [-0.4, -0.2) is 56.9 Å². The summed E-state index contributed by atoms with van der Waals surface area (Å²) in [6.07, 6.45) is -0.472. The van der Waals surface area contributed by atoms with Crippen molar-refractivity contribution in [3.05, 3.63) is 12.1 Å². The molecule has 1 heterocycles. The third-order valence-corrected chi connectivity index (χ3v) is 3.17. The Labute approximate surface area is 135 Å². The molecule has 1 aromatic heterocycles. The van der Waals surface area contributed by atoms with Crippen LogP contribution in [0.1, 0.15) is 27.7 Å². The van der Waals surface area contributed by atoms with E-state index in [1.165, 1.54) is 17.0 Å². The van der Waals surface area contributed by atoms with Gasteiger partial charge in [-0.3, -0.25) is 9.36 Å². The molecule has 8 nitrogen and oxygen atoms in total. The summed E-state index contributed by atoms with van der Waals surface area (Å²) < 4.78 is 6.32. The molecule has 0 saturated heterocycles. The van der Waals surface area contributed by atoms with Crippen molar-refractivity contribution in [1.82, 2.24) is 14.8 Å². The molecule has 0 saturated carbocycles. The largest absolute Gasteiger partial charge is 0.494 e. The van der Waals surface area contributed by atoms with E-state index in [-0.39, 0.29) is 30.9 Å². The fourth-order valence-corrected chi connectivity index (χ4v) is 1.72. The lowest BCUT2D eigenvalue weighted by Crippen LogP contribution is -2.45. The number of nitrogens with zero attached hydrogens (tertiary/aromatic N) is 2. The standard InChI is InChI=1S/C15H25N3O5/c1-10(17(5)14(22)23-15(2,3)4)8-16-11(19)9-18-12(20)6-7-13(18)21/h6-7,10,20-21H,8-9H2,1-5H3,(H,16,19). The molecule has 2 amide bonds. The highest BCUT2D eigenvalue weighted by Crippen LogP contribution is 2.20. The molecule has 23 heavy (non-hydrogen) atoms. The molecular weight excluding hydrogens is 302 g/mol. The highest BCUT2D eigenvalue weighted by atomic mass is 16.6. The maximum Gasteiger partial charge on any atom is 0.410 e. The van der Waals surface area contributed by atoms with Gasteiger partial charge in [-0.1, -0.05) is 0 Å². The molecule has 3 N–H and O–H groups in total. The second-order valence-electron chi connectivity index (χ2n) is 6.38. The molecule has 0 aromatic carbocycles. The van der Waals surface area contributed by atoms with Crippen LogP contribution in [0.4, 0.5) is 4.79 Å². The zero-order chi connectivity index (χ0) is 17.8. The molecule has 130 valence electrons. The zero-order valence-electron chi connectivity index (χ0n) is 14.2. The second-order valence-corrected chi connectivity index (χ2v) is 6.38. The van der Waals surface area contributed by atoms with Crippen LogP contribution < -0.4 is 5.32 Å². The zero-order valence-corrected chi connectivity index (χ0v) is 14.2. The maximum atomic E-state index is 11.9. The predicted molar refractivity (Wildman–Crippen MR) is 84.2 cm³/mol. The lowest BCUT2D eigenvalue weighted by atomic mass is 10.2. The number of carbonyl (C=O) groups excluding carboxylic acids is 2. The van der Waals surface area contributed by atoms with Gasteiger partial charge in [0.2, 0.25) is 5.91 Å². The number of aromatic hydroxyl groups is 2. The maximum absolute atomic E-state index is 11.9. The summed E-state index contributed by atoms with van der Waals surface area (Å²) in [5.74, 6) is -0.788. The molecule has 1 rings (SSSR count). The van der Waals surface area contributed by atoms with Gasteiger partial charge in [-0.2, -0.15) is 0 Å². The average molecular weight is 327 g/mol. The van der Waals surface area contributed by atoms with Gasteiger partial charge in [-0.15, -0.1) is 0 Å². The fraction of sp³-hybridized carbons (Fsp3) is 0.600. The second kappa shape index (κ2) is 7.26. The van der Waals surface area contributed by atoms with Gasteiger partial charge in [-0.05, 0) is 27.7 Å². The van der Waals surface area contributed by atoms with Crippen molar-refractivity contribution in [2.75, 3.05) is 13.6 Å². The van der Waals surface area contributed by atoms with E-state index in [2.05, 4.69) is 5.32 Å². The number of likely N-dealkylation sites (N-methyl/N-ethyl adjacent to an activating group) is 1. The Morgan fingerprint density at radius 1 is 1.30 bits per heavy atom. The molecule has 0 spiro atoms. The molecule has 0 aliphatic heterocycles. The number of hydrogen-bond acceptors (Lipinski definition) is 5. The highest BCUT2D eigenvalue weighted by molar-refractivity contribution is 5.76. The molecule has 8 heteroatoms. The van der Waals surface area contributed by atoms with Crippen LogP contribution in [0, 0.1) is 0 Å². The minimum absolute atomic E-state index is 0.198. The monoisotopic (exact) mass is 327 g/mol. The van der Waals surface area contributed by atoms with Crippen LogP contribution in [0.5, 0.6) is 11.8 Å². The Balaban J connectivity index is 2.47. The van der Waals surface area contributed by atoms with E-state index in [4.69, 9.17) is 4.74 Å². The van der Waals surface area contributed by atoms with Crippen molar-refractivity contribution in [3.63, 3.8) is 0 Å². The predicted octanol–water partition coefficient (Wildman–Crippen LogP) is 1.27. The molecule has 0 fully saturated rings. The third-order valence-electron chi connectivity index (χ3n) is 3.17. The lowest BCUT2D eigenvalue weighted by molar-refractivity contribution is -0.122. The quantitative estimate of drug-likeness (QED) is 0.755. The molecule has 1 unspecified atom stereocenters. The molecular formula is C15H25N3O5. The van der Waals surface area contributed by atoms with Crippen molar-refractivity contribution in [2.45, 2.75) is 45.9 Å². The van der Waals surface area contributed by atoms with E-state index in [9.17, 15) is 19.8 Å². The smallest absolute Gasteiger partial charge is 0.410 e. The number of carbonyl (C=O) groups is 2. The first-order valence-electron chi connectivity index (χ1n) is 7.31. The van der Waals surface area contributed by atoms with Gasteiger partial charge in [0.25, 0.3) is 0 Å². The van der Waals surface area contributed by atoms with E-state index in [1.54, 1.807) is 34.7 Å². The summed E-state index contributed by atoms with van der Waals surface area (Å²) in [7, 11) is 1.59. The van der Waals surface area contributed by atoms with Gasteiger partial charge in [0.15, 0.2) is 11.8 Å². The van der Waals surface area contributed by atoms with E-state index in [0.717, 1.165) is 4.57 Å². The van der Waals surface area contributed by atoms with E-state index in [1.807, 2.05) is 0 Å². The summed E-state index contributed by atoms with van der Waals surface area (Å²) in [6, 6.07) is 2.31. The van der Waals surface area contributed by atoms with Crippen LogP contribution in [0.2, 0.25) is 0 Å². The van der Waals surface area contributed by atoms with Crippen LogP contribution in [-0.2, 0) is 16.1 Å². The number of amides is 2. The molecule has 1 aromatic rings. The van der Waals surface area contributed by atoms with Gasteiger partial charge in [0, 0.05) is 31.8 Å². The summed E-state index contributed by atoms with van der Waals surface area (Å²) in [4.78, 5) is 25.2. The summed E-state index contributed by atoms with van der Waals surface area (Å²) >= 11 is 0. The molecule has 0 bridgehead atoms. The molecule has 0 aliphatic carbocycles. The Kier molecular flexibility index (Phi) is 5.89. The minimum atomic E-state index is -0.586. The summed E-state index contributed by atoms with van der Waals surface area (Å²) in [5, 5.41) is 21.6. The van der Waals surface area contributed by atoms with Gasteiger partial charge >= 0.3 is 6.09 Å². The highest BCUT2D eigenvalue weighted by Gasteiger charge is 2.23. The van der Waals surface area contributed by atoms with Gasteiger partial charge < -0.3 is 25.2 Å². The van der Waals surface area contributed by atoms with Crippen molar-refractivity contribution in [3.8, 4) is 11.8 Å². The van der Waals surface area contributed by atoms with Gasteiger partial charge in [0.05, 0.1) is 0 Å². The number of hydrogen-bond donors (Lipinski definition) is 3. The minimum Gasteiger partial charge on any atom is -0.494 e. The van der Waals surface area contributed by atoms with Crippen LogP contribution in [0.25, 0.3) is 0 Å². The average Bonchev–Trinajstić information content (AvgIpc) is 2.73. The number of ether oxygens (including phenoxy) is 1. The van der Waals surface area contributed by atoms with E-state index in [0.29, 0.717) is 0 Å². The Hall–Kier alpha value is -2.38. The van der Waals surface area contributed by atoms with Crippen LogP contribution in [0.15, 0.2) is 12.1 Å². The SMILES string of the molecule is CC(CNC(=O)Cn1c(O)ccc1O)N(C)C(=O)OC(C)(C)C. The number of rotatable bonds is 5. The molecule has 0 aliphatic rings. The first kappa shape index (κ1) is 18.7. The summed E-state index contributed by atoms with van der Waals surface area (Å²) in [6.45, 7) is 7.11. The van der Waals surface area contributed by atoms with Crippen molar-refractivity contribution < 1.29 is 24.5 Å². The Morgan fingerprint density at radius 2 is 1.83 bits per heavy atom. The Bertz CT molecular complexity index is 542. The van der Waals surface area contributed by atoms with Crippen molar-refractivity contribution in [2.24, 2.45) is 0 Å². The number of nitrogens with one attached hydrogen (secondary N) is 1. The van der Waals surface area contributed by atoms with Crippen LogP contribution >= 0.6 is 0 Å². The lowest BCUT2D eigenvalue weighted by Gasteiger charge is -2.28. The van der Waals surface area contributed by atoms with Crippen molar-refractivity contribution >= 4 is 12.0 Å². The Morgan fingerprint density at radius 3 is 2.30 bits per heavy atom. The van der Waals surface area contributed by atoms with Crippen molar-refractivity contribution in [1.29, 1.82) is 0 Å². The first-order chi connectivity index (χ1) is 10.5. The number of aromatic nitrogens is 1.